The Morgan fingerprint density at radius 2 is 0.556 bits per heavy atom. The first-order valence-corrected chi connectivity index (χ1v) is 9.58. The van der Waals surface area contributed by atoms with Gasteiger partial charge in [0.2, 0.25) is 0 Å². The predicted molar refractivity (Wildman–Crippen MR) is 115 cm³/mol. The van der Waals surface area contributed by atoms with Gasteiger partial charge < -0.3 is 13.1 Å². The molecule has 147 valence electrons. The van der Waals surface area contributed by atoms with Crippen LogP contribution in [0.5, 0.6) is 0 Å². The Morgan fingerprint density at radius 3 is 0.630 bits per heavy atom. The van der Waals surface area contributed by atoms with Gasteiger partial charge in [0.25, 0.3) is 0 Å². The summed E-state index contributed by atoms with van der Waals surface area (Å²) in [7, 11) is 0. The van der Waals surface area contributed by atoms with Crippen LogP contribution in [-0.4, -0.2) is 21.6 Å². The second kappa shape index (κ2) is 14.4. The Morgan fingerprint density at radius 1 is 0.407 bits per heavy atom. The maximum absolute atomic E-state index is 4.94. The van der Waals surface area contributed by atoms with Gasteiger partial charge in [0.05, 0.1) is 0 Å². The molecule has 0 aromatic heterocycles. The van der Waals surface area contributed by atoms with E-state index < -0.39 is 0 Å². The molecule has 2 aliphatic carbocycles. The third-order valence-electron chi connectivity index (χ3n) is 6.45. The van der Waals surface area contributed by atoms with Crippen molar-refractivity contribution >= 4 is 8.41 Å². The van der Waals surface area contributed by atoms with Crippen molar-refractivity contribution in [2.75, 3.05) is 13.2 Å². The fourth-order valence-electron chi connectivity index (χ4n) is 3.32. The van der Waals surface area contributed by atoms with E-state index >= 15 is 0 Å². The van der Waals surface area contributed by atoms with Crippen molar-refractivity contribution in [3.05, 3.63) is 59.2 Å². The molecule has 1 heterocycles. The number of ether oxygens (including phenoxy) is 1. The average Bonchev–Trinajstić information content (AvgIpc) is 3.29. The summed E-state index contributed by atoms with van der Waals surface area (Å²) in [4.78, 5) is 0. The number of rotatable bonds is 0. The van der Waals surface area contributed by atoms with Gasteiger partial charge in [-0.05, 0) is 72.0 Å². The van der Waals surface area contributed by atoms with Crippen LogP contribution < -0.4 is 0 Å². The first-order valence-electron chi connectivity index (χ1n) is 9.58. The third-order valence-corrected chi connectivity index (χ3v) is 6.45. The maximum atomic E-state index is 4.94. The number of hydrogen-bond acceptors (Lipinski definition) is 1. The van der Waals surface area contributed by atoms with Crippen LogP contribution in [-0.2, 0) is 4.74 Å². The van der Waals surface area contributed by atoms with Crippen molar-refractivity contribution < 1.29 is 45.1 Å². The maximum Gasteiger partial charge on any atom is 3.00 e. The Labute approximate surface area is 206 Å². The molecule has 0 bridgehead atoms. The summed E-state index contributed by atoms with van der Waals surface area (Å²) in [6.45, 7) is 24.0. The van der Waals surface area contributed by atoms with Gasteiger partial charge >= 0.3 is 40.4 Å². The van der Waals surface area contributed by atoms with E-state index in [0.717, 1.165) is 13.2 Å². The second-order valence-corrected chi connectivity index (χ2v) is 7.57. The quantitative estimate of drug-likeness (QED) is 0.350. The van der Waals surface area contributed by atoms with Crippen LogP contribution >= 0.6 is 0 Å². The van der Waals surface area contributed by atoms with Gasteiger partial charge in [-0.15, -0.1) is 0 Å². The molecule has 0 spiro atoms. The van der Waals surface area contributed by atoms with E-state index in [1.54, 1.807) is 0 Å². The Balaban J connectivity index is 0. The van der Waals surface area contributed by atoms with Crippen LogP contribution in [0.4, 0.5) is 0 Å². The van der Waals surface area contributed by atoms with E-state index in [9.17, 15) is 0 Å². The molecular weight excluding hydrogens is 465 g/mol. The summed E-state index contributed by atoms with van der Waals surface area (Å²) in [5.41, 5.74) is 0. The molecule has 3 aliphatic rings. The summed E-state index contributed by atoms with van der Waals surface area (Å²) in [5, 5.41) is 0. The van der Waals surface area contributed by atoms with Crippen LogP contribution in [0.25, 0.3) is 0 Å². The second-order valence-electron chi connectivity index (χ2n) is 7.57. The van der Waals surface area contributed by atoms with Crippen molar-refractivity contribution in [2.45, 2.75) is 82.1 Å². The molecule has 3 rings (SSSR count). The molecule has 2 saturated carbocycles. The van der Waals surface area contributed by atoms with E-state index in [1.807, 2.05) is 0 Å². The molecule has 1 nitrogen and oxygen atoms in total. The standard InChI is InChI=1S/2C10H15.C4H8O.B.Sm/c2*1-6-7(2)9(4)10(5)8(6)3;1-2-4-5-3-1;;/h2*1-5H3;1-4H2;;/q;;;-1;+3. The normalized spacial score (nSPS) is 25.6. The molecule has 0 aromatic carbocycles. The molecule has 15 radical (unpaired) electrons. The van der Waals surface area contributed by atoms with E-state index in [0.29, 0.717) is 0 Å². The van der Waals surface area contributed by atoms with Gasteiger partial charge in [-0.25, -0.2) is 0 Å². The molecule has 0 unspecified atom stereocenters. The van der Waals surface area contributed by atoms with E-state index in [1.165, 1.54) is 72.0 Å². The molecule has 0 amide bonds. The smallest absolute Gasteiger partial charge is 1.00 e. The molecule has 3 fully saturated rings. The SMILES string of the molecule is C1CCOC1.C[C]1[C](C)[C](C)[C](C)[C]1C.C[C]1[C](C)[C](C)[C](C)[C]1C.[B-].[Sm+3]. The van der Waals surface area contributed by atoms with Gasteiger partial charge in [-0.1, -0.05) is 69.2 Å². The molecule has 27 heavy (non-hydrogen) atoms. The van der Waals surface area contributed by atoms with E-state index in [2.05, 4.69) is 69.2 Å². The van der Waals surface area contributed by atoms with Crippen molar-refractivity contribution in [3.8, 4) is 0 Å². The molecule has 1 aliphatic heterocycles. The van der Waals surface area contributed by atoms with Crippen LogP contribution in [0.2, 0.25) is 0 Å². The first kappa shape index (κ1) is 30.6. The van der Waals surface area contributed by atoms with Crippen LogP contribution in [0.1, 0.15) is 82.1 Å². The molecule has 0 aromatic rings. The fraction of sp³-hybridized carbons (Fsp3) is 0.583. The Kier molecular flexibility index (Phi) is 16.3. The third kappa shape index (κ3) is 8.19. The summed E-state index contributed by atoms with van der Waals surface area (Å²) < 4.78 is 4.94. The topological polar surface area (TPSA) is 9.23 Å². The van der Waals surface area contributed by atoms with Gasteiger partial charge in [0, 0.05) is 13.2 Å². The zero-order chi connectivity index (χ0) is 19.3. The van der Waals surface area contributed by atoms with Crippen LogP contribution in [0.3, 0.4) is 0 Å². The monoisotopic (exact) mass is 505 g/mol. The van der Waals surface area contributed by atoms with Crippen LogP contribution in [0, 0.1) is 99.6 Å². The molecular formula is C24H38BOSm+2. The Hall–Kier alpha value is 1.36. The zero-order valence-electron chi connectivity index (χ0n) is 19.2. The average molecular weight is 504 g/mol. The van der Waals surface area contributed by atoms with Crippen molar-refractivity contribution in [3.63, 3.8) is 0 Å². The number of hydrogen-bond donors (Lipinski definition) is 0. The summed E-state index contributed by atoms with van der Waals surface area (Å²) in [5.74, 6) is 14.7. The van der Waals surface area contributed by atoms with Gasteiger partial charge in [0.1, 0.15) is 0 Å². The molecule has 3 heteroatoms. The van der Waals surface area contributed by atoms with Gasteiger partial charge in [-0.3, -0.25) is 0 Å². The fourth-order valence-corrected chi connectivity index (χ4v) is 3.32. The minimum Gasteiger partial charge on any atom is -1.00 e. The minimum absolute atomic E-state index is 0. The zero-order valence-corrected chi connectivity index (χ0v) is 21.8. The van der Waals surface area contributed by atoms with Crippen molar-refractivity contribution in [1.82, 2.24) is 0 Å². The van der Waals surface area contributed by atoms with Gasteiger partial charge in [-0.2, -0.15) is 0 Å². The first-order chi connectivity index (χ1) is 11.6. The van der Waals surface area contributed by atoms with Gasteiger partial charge in [0.15, 0.2) is 0 Å². The molecule has 0 N–H and O–H groups in total. The van der Waals surface area contributed by atoms with Crippen molar-refractivity contribution in [2.24, 2.45) is 0 Å². The largest absolute Gasteiger partial charge is 3.00 e. The Bertz CT molecular complexity index is 246. The summed E-state index contributed by atoms with van der Waals surface area (Å²) >= 11 is 0. The summed E-state index contributed by atoms with van der Waals surface area (Å²) in [6.07, 6.45) is 2.56. The molecule has 1 saturated heterocycles. The predicted octanol–water partition coefficient (Wildman–Crippen LogP) is 6.36. The van der Waals surface area contributed by atoms with E-state index in [-0.39, 0.29) is 48.8 Å². The van der Waals surface area contributed by atoms with Crippen molar-refractivity contribution in [1.29, 1.82) is 0 Å². The van der Waals surface area contributed by atoms with E-state index in [4.69, 9.17) is 4.74 Å². The minimum atomic E-state index is 0. The molecule has 0 atom stereocenters. The van der Waals surface area contributed by atoms with Crippen LogP contribution in [0.15, 0.2) is 0 Å². The summed E-state index contributed by atoms with van der Waals surface area (Å²) in [6, 6.07) is 0.